The minimum Gasteiger partial charge on any atom is -0.396 e. The van der Waals surface area contributed by atoms with Crippen LogP contribution >= 0.6 is 0 Å². The van der Waals surface area contributed by atoms with Crippen LogP contribution in [0, 0.1) is 6.92 Å². The number of nitrogens with zero attached hydrogens (tertiary/aromatic N) is 5. The Morgan fingerprint density at radius 2 is 2.12 bits per heavy atom. The highest BCUT2D eigenvalue weighted by Crippen LogP contribution is 2.17. The molecule has 1 N–H and O–H groups in total. The summed E-state index contributed by atoms with van der Waals surface area (Å²) in [6.07, 6.45) is 4.81. The van der Waals surface area contributed by atoms with Crippen LogP contribution in [0.3, 0.4) is 0 Å². The number of piperazine rings is 1. The Bertz CT molecular complexity index is 656. The van der Waals surface area contributed by atoms with Crippen LogP contribution in [0.5, 0.6) is 0 Å². The van der Waals surface area contributed by atoms with E-state index >= 15 is 0 Å². The first kappa shape index (κ1) is 17.1. The molecular formula is C18H27N5O. The molecule has 1 aliphatic heterocycles. The Morgan fingerprint density at radius 3 is 2.83 bits per heavy atom. The molecule has 1 saturated heterocycles. The van der Waals surface area contributed by atoms with Crippen LogP contribution in [-0.2, 0) is 20.1 Å². The van der Waals surface area contributed by atoms with Gasteiger partial charge in [0.1, 0.15) is 0 Å². The summed E-state index contributed by atoms with van der Waals surface area (Å²) >= 11 is 0. The third kappa shape index (κ3) is 4.41. The minimum atomic E-state index is 0.225. The average Bonchev–Trinajstić information content (AvgIpc) is 2.95. The highest BCUT2D eigenvalue weighted by Gasteiger charge is 2.27. The van der Waals surface area contributed by atoms with Crippen LogP contribution in [-0.4, -0.2) is 62.0 Å². The molecule has 1 fully saturated rings. The molecule has 6 nitrogen and oxygen atoms in total. The summed E-state index contributed by atoms with van der Waals surface area (Å²) in [5.74, 6) is 0. The Hall–Kier alpha value is -1.76. The van der Waals surface area contributed by atoms with Crippen LogP contribution < -0.4 is 0 Å². The zero-order valence-corrected chi connectivity index (χ0v) is 14.6. The number of aliphatic hydroxyl groups is 1. The minimum absolute atomic E-state index is 0.225. The molecule has 0 amide bonds. The molecule has 0 radical (unpaired) electrons. The lowest BCUT2D eigenvalue weighted by Crippen LogP contribution is -2.52. The van der Waals surface area contributed by atoms with Gasteiger partial charge in [-0.1, -0.05) is 6.07 Å². The number of pyridine rings is 1. The van der Waals surface area contributed by atoms with Crippen molar-refractivity contribution < 1.29 is 5.11 Å². The lowest BCUT2D eigenvalue weighted by Gasteiger charge is -2.41. The van der Waals surface area contributed by atoms with E-state index < -0.39 is 0 Å². The van der Waals surface area contributed by atoms with Gasteiger partial charge in [0, 0.05) is 69.9 Å². The highest BCUT2D eigenvalue weighted by molar-refractivity contribution is 5.10. The van der Waals surface area contributed by atoms with E-state index in [0.29, 0.717) is 6.04 Å². The lowest BCUT2D eigenvalue weighted by molar-refractivity contribution is 0.0491. The summed E-state index contributed by atoms with van der Waals surface area (Å²) in [6.45, 7) is 7.04. The van der Waals surface area contributed by atoms with Crippen molar-refractivity contribution in [2.45, 2.75) is 32.5 Å². The fourth-order valence-electron chi connectivity index (χ4n) is 3.44. The highest BCUT2D eigenvalue weighted by atomic mass is 16.3. The number of rotatable bonds is 6. The summed E-state index contributed by atoms with van der Waals surface area (Å²) in [7, 11) is 1.95. The third-order valence-corrected chi connectivity index (χ3v) is 4.63. The molecule has 2 aromatic rings. The molecule has 3 rings (SSSR count). The van der Waals surface area contributed by atoms with E-state index in [1.807, 2.05) is 30.9 Å². The zero-order chi connectivity index (χ0) is 16.9. The van der Waals surface area contributed by atoms with Crippen molar-refractivity contribution in [1.82, 2.24) is 24.6 Å². The molecule has 0 aromatic carbocycles. The quantitative estimate of drug-likeness (QED) is 0.863. The molecule has 130 valence electrons. The first-order chi connectivity index (χ1) is 11.6. The number of hydrogen-bond donors (Lipinski definition) is 1. The lowest BCUT2D eigenvalue weighted by atomic mass is 10.1. The topological polar surface area (TPSA) is 57.4 Å². The summed E-state index contributed by atoms with van der Waals surface area (Å²) in [5, 5.41) is 13.7. The molecule has 0 aliphatic carbocycles. The van der Waals surface area contributed by atoms with Crippen LogP contribution in [0.1, 0.15) is 23.4 Å². The molecule has 6 heteroatoms. The van der Waals surface area contributed by atoms with Crippen molar-refractivity contribution >= 4 is 0 Å². The van der Waals surface area contributed by atoms with E-state index in [2.05, 4.69) is 38.2 Å². The number of aromatic nitrogens is 3. The van der Waals surface area contributed by atoms with E-state index in [1.54, 1.807) is 0 Å². The molecule has 1 aliphatic rings. The largest absolute Gasteiger partial charge is 0.396 e. The predicted molar refractivity (Wildman–Crippen MR) is 93.4 cm³/mol. The van der Waals surface area contributed by atoms with E-state index in [0.717, 1.165) is 50.5 Å². The number of aryl methyl sites for hydroxylation is 2. The molecule has 24 heavy (non-hydrogen) atoms. The fourth-order valence-corrected chi connectivity index (χ4v) is 3.44. The van der Waals surface area contributed by atoms with Gasteiger partial charge in [-0.3, -0.25) is 19.5 Å². The van der Waals surface area contributed by atoms with Gasteiger partial charge >= 0.3 is 0 Å². The van der Waals surface area contributed by atoms with Gasteiger partial charge in [-0.05, 0) is 25.5 Å². The number of hydrogen-bond acceptors (Lipinski definition) is 5. The Labute approximate surface area is 143 Å². The SMILES string of the molecule is Cc1cccc(CN2CCN(Cc3cnn(C)c3)CC2CCO)n1. The van der Waals surface area contributed by atoms with Gasteiger partial charge in [-0.2, -0.15) is 5.10 Å². The van der Waals surface area contributed by atoms with E-state index in [4.69, 9.17) is 0 Å². The molecule has 2 aromatic heterocycles. The van der Waals surface area contributed by atoms with E-state index in [9.17, 15) is 5.11 Å². The van der Waals surface area contributed by atoms with Gasteiger partial charge in [-0.15, -0.1) is 0 Å². The molecule has 0 saturated carbocycles. The average molecular weight is 329 g/mol. The smallest absolute Gasteiger partial charge is 0.0547 e. The molecular weight excluding hydrogens is 302 g/mol. The van der Waals surface area contributed by atoms with Gasteiger partial charge in [0.15, 0.2) is 0 Å². The van der Waals surface area contributed by atoms with Gasteiger partial charge in [0.05, 0.1) is 11.9 Å². The molecule has 0 bridgehead atoms. The van der Waals surface area contributed by atoms with E-state index in [1.165, 1.54) is 5.56 Å². The second-order valence-corrected chi connectivity index (χ2v) is 6.66. The summed E-state index contributed by atoms with van der Waals surface area (Å²) in [4.78, 5) is 9.53. The first-order valence-corrected chi connectivity index (χ1v) is 8.61. The summed E-state index contributed by atoms with van der Waals surface area (Å²) in [6, 6.07) is 6.55. The fraction of sp³-hybridized carbons (Fsp3) is 0.556. The molecule has 1 unspecified atom stereocenters. The van der Waals surface area contributed by atoms with Gasteiger partial charge < -0.3 is 5.11 Å². The summed E-state index contributed by atoms with van der Waals surface area (Å²) in [5.41, 5.74) is 3.41. The Balaban J connectivity index is 1.62. The van der Waals surface area contributed by atoms with Crippen LogP contribution in [0.4, 0.5) is 0 Å². The second kappa shape index (κ2) is 7.88. The standard InChI is InChI=1S/C18H27N5O/c1-15-4-3-5-17(20-15)13-23-8-7-22(14-18(23)6-9-24)12-16-10-19-21(2)11-16/h3-5,10-11,18,24H,6-9,12-14H2,1-2H3. The number of aliphatic hydroxyl groups excluding tert-OH is 1. The Morgan fingerprint density at radius 1 is 1.25 bits per heavy atom. The maximum Gasteiger partial charge on any atom is 0.0547 e. The van der Waals surface area contributed by atoms with Crippen molar-refractivity contribution in [3.63, 3.8) is 0 Å². The zero-order valence-electron chi connectivity index (χ0n) is 14.6. The monoisotopic (exact) mass is 329 g/mol. The van der Waals surface area contributed by atoms with Crippen molar-refractivity contribution in [2.24, 2.45) is 7.05 Å². The van der Waals surface area contributed by atoms with Crippen molar-refractivity contribution in [2.75, 3.05) is 26.2 Å². The Kier molecular flexibility index (Phi) is 5.60. The predicted octanol–water partition coefficient (Wildman–Crippen LogP) is 1.19. The van der Waals surface area contributed by atoms with Crippen molar-refractivity contribution in [3.8, 4) is 0 Å². The normalized spacial score (nSPS) is 19.7. The first-order valence-electron chi connectivity index (χ1n) is 8.61. The summed E-state index contributed by atoms with van der Waals surface area (Å²) < 4.78 is 1.85. The van der Waals surface area contributed by atoms with E-state index in [-0.39, 0.29) is 6.61 Å². The second-order valence-electron chi connectivity index (χ2n) is 6.66. The molecule has 3 heterocycles. The maximum absolute atomic E-state index is 9.45. The van der Waals surface area contributed by atoms with Crippen molar-refractivity contribution in [1.29, 1.82) is 0 Å². The van der Waals surface area contributed by atoms with Crippen LogP contribution in [0.15, 0.2) is 30.6 Å². The third-order valence-electron chi connectivity index (χ3n) is 4.63. The maximum atomic E-state index is 9.45. The van der Waals surface area contributed by atoms with Crippen LogP contribution in [0.2, 0.25) is 0 Å². The van der Waals surface area contributed by atoms with Gasteiger partial charge in [0.25, 0.3) is 0 Å². The van der Waals surface area contributed by atoms with Crippen molar-refractivity contribution in [3.05, 3.63) is 47.5 Å². The van der Waals surface area contributed by atoms with Gasteiger partial charge in [-0.25, -0.2) is 0 Å². The molecule has 0 spiro atoms. The van der Waals surface area contributed by atoms with Gasteiger partial charge in [0.2, 0.25) is 0 Å². The molecule has 1 atom stereocenters. The van der Waals surface area contributed by atoms with Crippen LogP contribution in [0.25, 0.3) is 0 Å².